The Morgan fingerprint density at radius 3 is 2.44 bits per heavy atom. The van der Waals surface area contributed by atoms with Gasteiger partial charge in [0.15, 0.2) is 0 Å². The molecule has 1 N–H and O–H groups in total. The van der Waals surface area contributed by atoms with E-state index >= 15 is 0 Å². The molecule has 0 saturated heterocycles. The highest BCUT2D eigenvalue weighted by Gasteiger charge is 2.00. The molecule has 16 heavy (non-hydrogen) atoms. The van der Waals surface area contributed by atoms with Crippen molar-refractivity contribution in [2.75, 3.05) is 12.4 Å². The lowest BCUT2D eigenvalue weighted by Crippen LogP contribution is -2.13. The lowest BCUT2D eigenvalue weighted by atomic mass is 10.1. The predicted octanol–water partition coefficient (Wildman–Crippen LogP) is 3.85. The Morgan fingerprint density at radius 1 is 1.31 bits per heavy atom. The number of rotatable bonds is 5. The van der Waals surface area contributed by atoms with E-state index in [4.69, 9.17) is 4.74 Å². The van der Waals surface area contributed by atoms with Crippen LogP contribution < -0.4 is 10.1 Å². The van der Waals surface area contributed by atoms with Gasteiger partial charge in [0.2, 0.25) is 0 Å². The number of methoxy groups -OCH3 is 1. The molecule has 0 fully saturated rings. The summed E-state index contributed by atoms with van der Waals surface area (Å²) < 4.78 is 5.12. The fraction of sp³-hybridized carbons (Fsp3) is 0.429. The Balaban J connectivity index is 2.49. The van der Waals surface area contributed by atoms with Gasteiger partial charge in [0.05, 0.1) is 7.11 Å². The normalized spacial score (nSPS) is 11.8. The minimum absolute atomic E-state index is 0.447. The number of benzene rings is 1. The molecule has 0 amide bonds. The first-order valence-corrected chi connectivity index (χ1v) is 5.65. The molecule has 0 bridgehead atoms. The van der Waals surface area contributed by atoms with Gasteiger partial charge in [-0.3, -0.25) is 0 Å². The molecule has 0 aromatic heterocycles. The quantitative estimate of drug-likeness (QED) is 0.759. The highest BCUT2D eigenvalue weighted by Crippen LogP contribution is 2.16. The molecule has 0 aliphatic rings. The molecule has 88 valence electrons. The van der Waals surface area contributed by atoms with E-state index in [9.17, 15) is 0 Å². The lowest BCUT2D eigenvalue weighted by molar-refractivity contribution is 0.415. The van der Waals surface area contributed by atoms with Crippen LogP contribution in [0.3, 0.4) is 0 Å². The van der Waals surface area contributed by atoms with Gasteiger partial charge in [0.1, 0.15) is 5.75 Å². The number of anilines is 1. The molecule has 2 heteroatoms. The third-order valence-electron chi connectivity index (χ3n) is 2.38. The fourth-order valence-electron chi connectivity index (χ4n) is 1.44. The van der Waals surface area contributed by atoms with E-state index in [1.165, 1.54) is 5.57 Å². The van der Waals surface area contributed by atoms with Crippen LogP contribution in [0.4, 0.5) is 5.69 Å². The summed E-state index contributed by atoms with van der Waals surface area (Å²) in [6.45, 7) is 6.43. The summed E-state index contributed by atoms with van der Waals surface area (Å²) in [7, 11) is 1.68. The lowest BCUT2D eigenvalue weighted by Gasteiger charge is -2.13. The zero-order valence-corrected chi connectivity index (χ0v) is 10.6. The second-order valence-corrected chi connectivity index (χ2v) is 4.29. The maximum atomic E-state index is 5.12. The molecule has 1 atom stereocenters. The first-order valence-electron chi connectivity index (χ1n) is 5.65. The van der Waals surface area contributed by atoms with Gasteiger partial charge in [-0.1, -0.05) is 11.6 Å². The molecule has 0 radical (unpaired) electrons. The molecule has 1 aromatic carbocycles. The summed E-state index contributed by atoms with van der Waals surface area (Å²) in [5, 5.41) is 3.45. The molecular weight excluding hydrogens is 198 g/mol. The highest BCUT2D eigenvalue weighted by molar-refractivity contribution is 5.47. The molecule has 0 spiro atoms. The van der Waals surface area contributed by atoms with E-state index in [2.05, 4.69) is 32.2 Å². The van der Waals surface area contributed by atoms with Crippen LogP contribution in [0.25, 0.3) is 0 Å². The van der Waals surface area contributed by atoms with Gasteiger partial charge in [-0.05, 0) is 51.5 Å². The number of hydrogen-bond donors (Lipinski definition) is 1. The van der Waals surface area contributed by atoms with Crippen molar-refractivity contribution in [2.45, 2.75) is 33.2 Å². The van der Waals surface area contributed by atoms with Gasteiger partial charge < -0.3 is 10.1 Å². The van der Waals surface area contributed by atoms with Gasteiger partial charge in [-0.2, -0.15) is 0 Å². The van der Waals surface area contributed by atoms with E-state index in [1.807, 2.05) is 24.3 Å². The summed E-state index contributed by atoms with van der Waals surface area (Å²) in [4.78, 5) is 0. The molecule has 2 nitrogen and oxygen atoms in total. The van der Waals surface area contributed by atoms with Gasteiger partial charge in [0, 0.05) is 11.7 Å². The molecule has 0 unspecified atom stereocenters. The zero-order chi connectivity index (χ0) is 12.0. The van der Waals surface area contributed by atoms with Crippen molar-refractivity contribution < 1.29 is 4.74 Å². The van der Waals surface area contributed by atoms with E-state index < -0.39 is 0 Å². The van der Waals surface area contributed by atoms with Crippen molar-refractivity contribution >= 4 is 5.69 Å². The van der Waals surface area contributed by atoms with Crippen molar-refractivity contribution in [1.82, 2.24) is 0 Å². The second-order valence-electron chi connectivity index (χ2n) is 4.29. The van der Waals surface area contributed by atoms with Gasteiger partial charge in [-0.15, -0.1) is 0 Å². The zero-order valence-electron chi connectivity index (χ0n) is 10.6. The molecule has 0 aliphatic heterocycles. The SMILES string of the molecule is COc1ccc(N[C@@H](C)CC=C(C)C)cc1. The molecular formula is C14H21NO. The van der Waals surface area contributed by atoms with Gasteiger partial charge >= 0.3 is 0 Å². The van der Waals surface area contributed by atoms with Crippen LogP contribution >= 0.6 is 0 Å². The van der Waals surface area contributed by atoms with Crippen LogP contribution in [-0.2, 0) is 0 Å². The van der Waals surface area contributed by atoms with E-state index in [1.54, 1.807) is 7.11 Å². The average Bonchev–Trinajstić information content (AvgIpc) is 2.27. The maximum Gasteiger partial charge on any atom is 0.119 e. The van der Waals surface area contributed by atoms with Crippen molar-refractivity contribution in [3.05, 3.63) is 35.9 Å². The minimum atomic E-state index is 0.447. The molecule has 0 aliphatic carbocycles. The average molecular weight is 219 g/mol. The first-order chi connectivity index (χ1) is 7.61. The van der Waals surface area contributed by atoms with Crippen LogP contribution in [0.5, 0.6) is 5.75 Å². The van der Waals surface area contributed by atoms with Crippen molar-refractivity contribution in [3.8, 4) is 5.75 Å². The molecule has 1 aromatic rings. The predicted molar refractivity (Wildman–Crippen MR) is 70.1 cm³/mol. The Morgan fingerprint density at radius 2 is 1.94 bits per heavy atom. The summed E-state index contributed by atoms with van der Waals surface area (Å²) in [5.41, 5.74) is 2.50. The Labute approximate surface area is 98.3 Å². The Bertz CT molecular complexity index is 336. The van der Waals surface area contributed by atoms with Crippen molar-refractivity contribution in [3.63, 3.8) is 0 Å². The Hall–Kier alpha value is -1.44. The van der Waals surface area contributed by atoms with Crippen molar-refractivity contribution in [1.29, 1.82) is 0 Å². The summed E-state index contributed by atoms with van der Waals surface area (Å²) in [6.07, 6.45) is 3.30. The number of hydrogen-bond acceptors (Lipinski definition) is 2. The van der Waals surface area contributed by atoms with Crippen LogP contribution in [0.15, 0.2) is 35.9 Å². The van der Waals surface area contributed by atoms with E-state index in [0.29, 0.717) is 6.04 Å². The standard InChI is InChI=1S/C14H21NO/c1-11(2)5-6-12(3)15-13-7-9-14(16-4)10-8-13/h5,7-10,12,15H,6H2,1-4H3/t12-/m0/s1. The number of ether oxygens (including phenoxy) is 1. The monoisotopic (exact) mass is 219 g/mol. The first kappa shape index (κ1) is 12.6. The van der Waals surface area contributed by atoms with E-state index in [0.717, 1.165) is 17.9 Å². The highest BCUT2D eigenvalue weighted by atomic mass is 16.5. The van der Waals surface area contributed by atoms with Crippen LogP contribution in [-0.4, -0.2) is 13.2 Å². The second kappa shape index (κ2) is 6.21. The summed E-state index contributed by atoms with van der Waals surface area (Å²) in [6, 6.07) is 8.46. The Kier molecular flexibility index (Phi) is 4.90. The smallest absolute Gasteiger partial charge is 0.119 e. The fourth-order valence-corrected chi connectivity index (χ4v) is 1.44. The van der Waals surface area contributed by atoms with Gasteiger partial charge in [0.25, 0.3) is 0 Å². The van der Waals surface area contributed by atoms with Crippen LogP contribution in [0.2, 0.25) is 0 Å². The third kappa shape index (κ3) is 4.39. The van der Waals surface area contributed by atoms with Gasteiger partial charge in [-0.25, -0.2) is 0 Å². The molecule has 0 saturated carbocycles. The van der Waals surface area contributed by atoms with Crippen LogP contribution in [0, 0.1) is 0 Å². The van der Waals surface area contributed by atoms with Crippen molar-refractivity contribution in [2.24, 2.45) is 0 Å². The van der Waals surface area contributed by atoms with Crippen LogP contribution in [0.1, 0.15) is 27.2 Å². The topological polar surface area (TPSA) is 21.3 Å². The minimum Gasteiger partial charge on any atom is -0.497 e. The number of nitrogens with one attached hydrogen (secondary N) is 1. The summed E-state index contributed by atoms with van der Waals surface area (Å²) in [5.74, 6) is 0.891. The number of allylic oxidation sites excluding steroid dienone is 1. The largest absolute Gasteiger partial charge is 0.497 e. The third-order valence-corrected chi connectivity index (χ3v) is 2.38. The van der Waals surface area contributed by atoms with E-state index in [-0.39, 0.29) is 0 Å². The summed E-state index contributed by atoms with van der Waals surface area (Å²) >= 11 is 0. The molecule has 1 rings (SSSR count). The molecule has 0 heterocycles. The maximum absolute atomic E-state index is 5.12.